The minimum Gasteiger partial charge on any atom is -0.496 e. The quantitative estimate of drug-likeness (QED) is 0.511. The highest BCUT2D eigenvalue weighted by Gasteiger charge is 2.25. The zero-order valence-electron chi connectivity index (χ0n) is 19.5. The van der Waals surface area contributed by atoms with Crippen molar-refractivity contribution in [2.45, 2.75) is 26.5 Å². The predicted octanol–water partition coefficient (Wildman–Crippen LogP) is 3.84. The molecule has 2 heterocycles. The Balaban J connectivity index is 1.56. The number of ether oxygens (including phenoxy) is 1. The number of carbonyl (C=O) groups excluding carboxylic acids is 1. The average Bonchev–Trinajstić information content (AvgIpc) is 2.80. The van der Waals surface area contributed by atoms with Gasteiger partial charge in [0.2, 0.25) is 0 Å². The summed E-state index contributed by atoms with van der Waals surface area (Å²) in [5.74, 6) is 0.321. The van der Waals surface area contributed by atoms with Crippen LogP contribution in [-0.4, -0.2) is 54.2 Å². The highest BCUT2D eigenvalue weighted by atomic mass is 16.5. The number of rotatable bonds is 7. The zero-order chi connectivity index (χ0) is 23.5. The standard InChI is InChI=1S/C26H30N4O3/c1-16-20(7-5-9-22(16)27-3)21-8-6-10-23(17(21)2)29-26(32)24-11-25(33-4)18(12-28-24)13-30-14-19(31)15-30/h5-12,19,27,31H,13-15H2,1-4H3,(H,29,32). The number of β-amino-alcohol motifs (C(OH)–C–C–N with tert-alkyl or cyclic N) is 1. The number of hydrogen-bond donors (Lipinski definition) is 3. The van der Waals surface area contributed by atoms with E-state index in [0.29, 0.717) is 25.4 Å². The molecule has 1 saturated heterocycles. The Morgan fingerprint density at radius 3 is 2.36 bits per heavy atom. The fourth-order valence-electron chi connectivity index (χ4n) is 4.26. The van der Waals surface area contributed by atoms with Crippen molar-refractivity contribution in [2.75, 3.05) is 37.9 Å². The van der Waals surface area contributed by atoms with Crippen LogP contribution in [0.25, 0.3) is 11.1 Å². The van der Waals surface area contributed by atoms with Crippen LogP contribution in [0, 0.1) is 13.8 Å². The van der Waals surface area contributed by atoms with Crippen LogP contribution in [0.5, 0.6) is 5.75 Å². The first-order chi connectivity index (χ1) is 15.9. The number of methoxy groups -OCH3 is 1. The Labute approximate surface area is 194 Å². The van der Waals surface area contributed by atoms with Gasteiger partial charge in [-0.1, -0.05) is 24.3 Å². The van der Waals surface area contributed by atoms with Crippen molar-refractivity contribution in [2.24, 2.45) is 0 Å². The summed E-state index contributed by atoms with van der Waals surface area (Å²) >= 11 is 0. The third-order valence-corrected chi connectivity index (χ3v) is 6.20. The SMILES string of the molecule is CNc1cccc(-c2cccc(NC(=O)c3cc(OC)c(CN4CC(O)C4)cn3)c2C)c1C. The van der Waals surface area contributed by atoms with Gasteiger partial charge in [-0.3, -0.25) is 14.7 Å². The lowest BCUT2D eigenvalue weighted by Gasteiger charge is -2.35. The summed E-state index contributed by atoms with van der Waals surface area (Å²) in [6.07, 6.45) is 1.41. The van der Waals surface area contributed by atoms with E-state index in [9.17, 15) is 9.90 Å². The maximum absolute atomic E-state index is 13.0. The third-order valence-electron chi connectivity index (χ3n) is 6.20. The first-order valence-electron chi connectivity index (χ1n) is 11.0. The smallest absolute Gasteiger partial charge is 0.274 e. The molecule has 0 unspecified atom stereocenters. The zero-order valence-corrected chi connectivity index (χ0v) is 19.5. The van der Waals surface area contributed by atoms with Gasteiger partial charge in [0.05, 0.1) is 13.2 Å². The lowest BCUT2D eigenvalue weighted by Crippen LogP contribution is -2.49. The molecule has 0 atom stereocenters. The molecule has 0 saturated carbocycles. The minimum absolute atomic E-state index is 0.266. The topological polar surface area (TPSA) is 86.7 Å². The molecule has 172 valence electrons. The van der Waals surface area contributed by atoms with Gasteiger partial charge in [0.1, 0.15) is 11.4 Å². The van der Waals surface area contributed by atoms with E-state index in [1.807, 2.05) is 38.2 Å². The van der Waals surface area contributed by atoms with Gasteiger partial charge >= 0.3 is 0 Å². The van der Waals surface area contributed by atoms with Crippen molar-refractivity contribution >= 4 is 17.3 Å². The van der Waals surface area contributed by atoms with E-state index in [4.69, 9.17) is 4.74 Å². The molecule has 1 amide bonds. The molecule has 7 heteroatoms. The first kappa shape index (κ1) is 22.8. The van der Waals surface area contributed by atoms with Crippen LogP contribution in [0.4, 0.5) is 11.4 Å². The molecule has 1 fully saturated rings. The Morgan fingerprint density at radius 2 is 1.76 bits per heavy atom. The summed E-state index contributed by atoms with van der Waals surface area (Å²) in [7, 11) is 3.50. The summed E-state index contributed by atoms with van der Waals surface area (Å²) < 4.78 is 5.50. The van der Waals surface area contributed by atoms with Gasteiger partial charge < -0.3 is 20.5 Å². The molecule has 3 aromatic rings. The van der Waals surface area contributed by atoms with E-state index in [1.165, 1.54) is 0 Å². The first-order valence-corrected chi connectivity index (χ1v) is 11.0. The fraction of sp³-hybridized carbons (Fsp3) is 0.308. The van der Waals surface area contributed by atoms with E-state index in [0.717, 1.165) is 39.2 Å². The van der Waals surface area contributed by atoms with E-state index < -0.39 is 0 Å². The van der Waals surface area contributed by atoms with E-state index in [1.54, 1.807) is 19.4 Å². The van der Waals surface area contributed by atoms with Crippen molar-refractivity contribution < 1.29 is 14.6 Å². The summed E-state index contributed by atoms with van der Waals surface area (Å²) in [6.45, 7) is 6.00. The van der Waals surface area contributed by atoms with Gasteiger partial charge in [-0.05, 0) is 48.2 Å². The van der Waals surface area contributed by atoms with Crippen molar-refractivity contribution in [3.05, 3.63) is 71.0 Å². The molecule has 4 rings (SSSR count). The van der Waals surface area contributed by atoms with Crippen molar-refractivity contribution in [1.82, 2.24) is 9.88 Å². The number of aliphatic hydroxyl groups excluding tert-OH is 1. The fourth-order valence-corrected chi connectivity index (χ4v) is 4.26. The molecule has 33 heavy (non-hydrogen) atoms. The Morgan fingerprint density at radius 1 is 1.12 bits per heavy atom. The normalized spacial score (nSPS) is 14.0. The molecule has 0 radical (unpaired) electrons. The largest absolute Gasteiger partial charge is 0.496 e. The van der Waals surface area contributed by atoms with Crippen LogP contribution in [0.15, 0.2) is 48.7 Å². The second kappa shape index (κ2) is 9.60. The van der Waals surface area contributed by atoms with Crippen LogP contribution in [0.3, 0.4) is 0 Å². The van der Waals surface area contributed by atoms with E-state index in [2.05, 4.69) is 39.6 Å². The molecule has 0 spiro atoms. The summed E-state index contributed by atoms with van der Waals surface area (Å²) in [6, 6.07) is 13.7. The van der Waals surface area contributed by atoms with Gasteiger partial charge in [0.25, 0.3) is 5.91 Å². The molecule has 2 aromatic carbocycles. The minimum atomic E-state index is -0.292. The Hall–Kier alpha value is -3.42. The number of pyridine rings is 1. The maximum atomic E-state index is 13.0. The molecule has 3 N–H and O–H groups in total. The molecule has 0 bridgehead atoms. The van der Waals surface area contributed by atoms with E-state index in [-0.39, 0.29) is 17.7 Å². The second-order valence-electron chi connectivity index (χ2n) is 8.39. The number of anilines is 2. The number of benzene rings is 2. The van der Waals surface area contributed by atoms with Crippen molar-refractivity contribution in [3.63, 3.8) is 0 Å². The number of nitrogens with zero attached hydrogens (tertiary/aromatic N) is 2. The molecule has 1 aliphatic rings. The second-order valence-corrected chi connectivity index (χ2v) is 8.39. The molecule has 1 aromatic heterocycles. The van der Waals surface area contributed by atoms with Crippen LogP contribution >= 0.6 is 0 Å². The number of amides is 1. The van der Waals surface area contributed by atoms with Crippen LogP contribution in [0.1, 0.15) is 27.2 Å². The molecule has 1 aliphatic heterocycles. The number of carbonyl (C=O) groups is 1. The molecule has 7 nitrogen and oxygen atoms in total. The average molecular weight is 447 g/mol. The van der Waals surface area contributed by atoms with Crippen LogP contribution < -0.4 is 15.4 Å². The highest BCUT2D eigenvalue weighted by Crippen LogP contribution is 2.33. The lowest BCUT2D eigenvalue weighted by atomic mass is 9.94. The highest BCUT2D eigenvalue weighted by molar-refractivity contribution is 6.04. The monoisotopic (exact) mass is 446 g/mol. The van der Waals surface area contributed by atoms with Crippen molar-refractivity contribution in [1.29, 1.82) is 0 Å². The lowest BCUT2D eigenvalue weighted by molar-refractivity contribution is -0.00327. The number of aromatic nitrogens is 1. The summed E-state index contributed by atoms with van der Waals surface area (Å²) in [5.41, 5.74) is 7.33. The van der Waals surface area contributed by atoms with Crippen LogP contribution in [-0.2, 0) is 6.54 Å². The Kier molecular flexibility index (Phi) is 6.62. The Bertz CT molecular complexity index is 1170. The van der Waals surface area contributed by atoms with Gasteiger partial charge in [-0.15, -0.1) is 0 Å². The number of aliphatic hydroxyl groups is 1. The summed E-state index contributed by atoms with van der Waals surface area (Å²) in [4.78, 5) is 19.5. The maximum Gasteiger partial charge on any atom is 0.274 e. The number of likely N-dealkylation sites (tertiary alicyclic amines) is 1. The number of nitrogens with one attached hydrogen (secondary N) is 2. The van der Waals surface area contributed by atoms with E-state index >= 15 is 0 Å². The van der Waals surface area contributed by atoms with Gasteiger partial charge in [0, 0.05) is 55.9 Å². The predicted molar refractivity (Wildman–Crippen MR) is 131 cm³/mol. The number of hydrogen-bond acceptors (Lipinski definition) is 6. The van der Waals surface area contributed by atoms with Gasteiger partial charge in [0.15, 0.2) is 0 Å². The summed E-state index contributed by atoms with van der Waals surface area (Å²) in [5, 5.41) is 15.7. The van der Waals surface area contributed by atoms with Crippen LogP contribution in [0.2, 0.25) is 0 Å². The molecule has 0 aliphatic carbocycles. The van der Waals surface area contributed by atoms with Gasteiger partial charge in [-0.2, -0.15) is 0 Å². The molecular weight excluding hydrogens is 416 g/mol. The molecular formula is C26H30N4O3. The third kappa shape index (κ3) is 4.69. The van der Waals surface area contributed by atoms with Crippen molar-refractivity contribution in [3.8, 4) is 16.9 Å². The van der Waals surface area contributed by atoms with Gasteiger partial charge in [-0.25, -0.2) is 0 Å².